The highest BCUT2D eigenvalue weighted by atomic mass is 15.0. The van der Waals surface area contributed by atoms with Crippen molar-refractivity contribution in [2.24, 2.45) is 9.98 Å². The largest absolute Gasteiger partial charge is 0.266 e. The Kier molecular flexibility index (Phi) is 4.47. The molecule has 2 aliphatic rings. The number of aromatic nitrogens is 4. The van der Waals surface area contributed by atoms with Crippen LogP contribution >= 0.6 is 0 Å². The molecule has 0 fully saturated rings. The summed E-state index contributed by atoms with van der Waals surface area (Å²) < 4.78 is 0. The van der Waals surface area contributed by atoms with Crippen LogP contribution in [0.1, 0.15) is 34.2 Å². The Bertz CT molecular complexity index is 1640. The van der Waals surface area contributed by atoms with Gasteiger partial charge in [-0.05, 0) is 0 Å². The third-order valence-corrected chi connectivity index (χ3v) is 4.27. The van der Waals surface area contributed by atoms with Crippen LogP contribution in [0.15, 0.2) is 15.7 Å². The molecule has 3 heterocycles. The van der Waals surface area contributed by atoms with E-state index in [-0.39, 0.29) is 74.8 Å². The molecule has 1 aliphatic carbocycles. The van der Waals surface area contributed by atoms with E-state index in [1.165, 1.54) is 0 Å². The molecule has 4 rings (SSSR count). The molecule has 0 aromatic carbocycles. The van der Waals surface area contributed by atoms with E-state index in [1.807, 2.05) is 0 Å². The Balaban J connectivity index is 2.22. The minimum atomic E-state index is -0.313. The molecule has 32 heavy (non-hydrogen) atoms. The van der Waals surface area contributed by atoms with E-state index in [1.54, 1.807) is 36.4 Å². The van der Waals surface area contributed by atoms with Crippen molar-refractivity contribution in [2.45, 2.75) is 0 Å². The first kappa shape index (κ1) is 19.3. The standard InChI is InChI=1S/C20H2N12/c21-2-11-12(3-22)28-10-1-9(8-27-11)17-19(31-15(6-25)13(4-23)29-17)20-18(10)30-14(5-24)16(7-26)32-20/h8H2/b27-11+,28-12-. The fourth-order valence-corrected chi connectivity index (χ4v) is 2.91. The van der Waals surface area contributed by atoms with Crippen molar-refractivity contribution in [1.29, 1.82) is 31.6 Å². The normalized spacial score (nSPS) is 16.2. The van der Waals surface area contributed by atoms with E-state index >= 15 is 0 Å². The Labute approximate surface area is 179 Å². The molecule has 0 N–H and O–H groups in total. The fourth-order valence-electron chi connectivity index (χ4n) is 2.91. The van der Waals surface area contributed by atoms with Gasteiger partial charge in [-0.2, -0.15) is 31.6 Å². The molecule has 0 amide bonds. The van der Waals surface area contributed by atoms with Gasteiger partial charge in [-0.15, -0.1) is 0 Å². The molecule has 0 atom stereocenters. The number of aliphatic imine (C=N–C) groups is 2. The highest BCUT2D eigenvalue weighted by Gasteiger charge is 2.29. The molecule has 0 saturated heterocycles. The van der Waals surface area contributed by atoms with Gasteiger partial charge >= 0.3 is 0 Å². The Morgan fingerprint density at radius 2 is 1.03 bits per heavy atom. The van der Waals surface area contributed by atoms with E-state index in [0.29, 0.717) is 0 Å². The topological polar surface area (TPSA) is 219 Å². The summed E-state index contributed by atoms with van der Waals surface area (Å²) in [6.45, 7) is -0.185. The third-order valence-electron chi connectivity index (χ3n) is 4.27. The van der Waals surface area contributed by atoms with Gasteiger partial charge in [-0.1, -0.05) is 5.73 Å². The molecule has 0 unspecified atom stereocenters. The monoisotopic (exact) mass is 410 g/mol. The second-order valence-corrected chi connectivity index (χ2v) is 5.98. The van der Waals surface area contributed by atoms with Gasteiger partial charge in [0.2, 0.25) is 0 Å². The second kappa shape index (κ2) is 7.41. The van der Waals surface area contributed by atoms with Gasteiger partial charge in [-0.25, -0.2) is 24.9 Å². The summed E-state index contributed by atoms with van der Waals surface area (Å²) >= 11 is 0. The smallest absolute Gasteiger partial charge is 0.177 e. The number of rotatable bonds is 0. The molecular formula is C20H2N12. The Morgan fingerprint density at radius 3 is 1.53 bits per heavy atom. The number of hydrogen-bond acceptors (Lipinski definition) is 12. The average molecular weight is 410 g/mol. The number of fused-ring (bicyclic) bond motifs is 5. The maximum absolute atomic E-state index is 9.43. The maximum atomic E-state index is 9.43. The summed E-state index contributed by atoms with van der Waals surface area (Å²) in [4.78, 5) is 24.9. The quantitative estimate of drug-likeness (QED) is 0.553. The summed E-state index contributed by atoms with van der Waals surface area (Å²) in [7, 11) is 0. The number of nitrogens with zero attached hydrogens (tertiary/aromatic N) is 12. The summed E-state index contributed by atoms with van der Waals surface area (Å²) in [5.41, 5.74) is 1.27. The SMILES string of the molecule is N#CC1=N\CC2=C=C(/N=C\1C#N)c1nc(C#N)c(C#N)nc1-c1nc(C#N)c(C#N)nc12. The Hall–Kier alpha value is -6.04. The summed E-state index contributed by atoms with van der Waals surface area (Å²) in [6.07, 6.45) is 0. The summed E-state index contributed by atoms with van der Waals surface area (Å²) in [6, 6.07) is 10.7. The fraction of sp³-hybridized carbons (Fsp3) is 0.0500. The van der Waals surface area contributed by atoms with Crippen LogP contribution in [0.25, 0.3) is 22.7 Å². The lowest BCUT2D eigenvalue weighted by molar-refractivity contribution is 1.05. The zero-order valence-electron chi connectivity index (χ0n) is 15.6. The van der Waals surface area contributed by atoms with E-state index in [0.717, 1.165) is 0 Å². The molecule has 0 radical (unpaired) electrons. The van der Waals surface area contributed by atoms with Crippen LogP contribution in [0.4, 0.5) is 0 Å². The van der Waals surface area contributed by atoms with E-state index in [9.17, 15) is 31.6 Å². The van der Waals surface area contributed by atoms with E-state index < -0.39 is 0 Å². The predicted molar refractivity (Wildman–Crippen MR) is 103 cm³/mol. The lowest BCUT2D eigenvalue weighted by Crippen LogP contribution is -2.12. The Morgan fingerprint density at radius 1 is 0.562 bits per heavy atom. The van der Waals surface area contributed by atoms with Crippen molar-refractivity contribution in [1.82, 2.24) is 19.9 Å². The van der Waals surface area contributed by atoms with E-state index in [2.05, 4.69) is 35.7 Å². The molecule has 0 spiro atoms. The first-order valence-corrected chi connectivity index (χ1v) is 8.47. The van der Waals surface area contributed by atoms with Crippen LogP contribution in [-0.2, 0) is 0 Å². The number of hydrogen-bond donors (Lipinski definition) is 0. The van der Waals surface area contributed by atoms with Crippen LogP contribution in [0.2, 0.25) is 0 Å². The van der Waals surface area contributed by atoms with Crippen molar-refractivity contribution < 1.29 is 0 Å². The van der Waals surface area contributed by atoms with Crippen molar-refractivity contribution in [3.63, 3.8) is 0 Å². The zero-order chi connectivity index (χ0) is 22.8. The molecule has 0 saturated carbocycles. The molecule has 2 bridgehead atoms. The van der Waals surface area contributed by atoms with Crippen molar-refractivity contribution in [3.8, 4) is 47.8 Å². The molecular weight excluding hydrogens is 408 g/mol. The minimum absolute atomic E-state index is 0.00847. The molecule has 12 heteroatoms. The number of nitriles is 6. The summed E-state index contributed by atoms with van der Waals surface area (Å²) in [5, 5.41) is 56.3. The van der Waals surface area contributed by atoms with Crippen molar-refractivity contribution in [3.05, 3.63) is 39.9 Å². The first-order valence-electron chi connectivity index (χ1n) is 8.47. The molecule has 2 aromatic heterocycles. The molecule has 2 aromatic rings. The van der Waals surface area contributed by atoms with Crippen LogP contribution in [0.5, 0.6) is 0 Å². The predicted octanol–water partition coefficient (Wildman–Crippen LogP) is 0.700. The first-order chi connectivity index (χ1) is 15.6. The van der Waals surface area contributed by atoms with Gasteiger partial charge in [-0.3, -0.25) is 4.99 Å². The van der Waals surface area contributed by atoms with Crippen LogP contribution in [0, 0.1) is 68.0 Å². The average Bonchev–Trinajstić information content (AvgIpc) is 2.95. The van der Waals surface area contributed by atoms with Gasteiger partial charge in [0, 0.05) is 5.57 Å². The highest BCUT2D eigenvalue weighted by Crippen LogP contribution is 2.35. The highest BCUT2D eigenvalue weighted by molar-refractivity contribution is 6.54. The maximum Gasteiger partial charge on any atom is 0.177 e. The van der Waals surface area contributed by atoms with Gasteiger partial charge in [0.05, 0.1) is 6.54 Å². The summed E-state index contributed by atoms with van der Waals surface area (Å²) in [5.74, 6) is 0. The van der Waals surface area contributed by atoms with Crippen LogP contribution < -0.4 is 0 Å². The lowest BCUT2D eigenvalue weighted by Gasteiger charge is -2.10. The van der Waals surface area contributed by atoms with Crippen molar-refractivity contribution >= 4 is 22.7 Å². The lowest BCUT2D eigenvalue weighted by atomic mass is 10.1. The van der Waals surface area contributed by atoms with E-state index in [4.69, 9.17) is 0 Å². The van der Waals surface area contributed by atoms with Crippen LogP contribution in [0.3, 0.4) is 0 Å². The third kappa shape index (κ3) is 2.82. The van der Waals surface area contributed by atoms with Crippen molar-refractivity contribution in [2.75, 3.05) is 6.54 Å². The molecule has 1 aliphatic heterocycles. The van der Waals surface area contributed by atoms with Gasteiger partial charge < -0.3 is 0 Å². The molecule has 142 valence electrons. The van der Waals surface area contributed by atoms with Gasteiger partial charge in [0.1, 0.15) is 64.9 Å². The van der Waals surface area contributed by atoms with Crippen LogP contribution in [-0.4, -0.2) is 37.9 Å². The van der Waals surface area contributed by atoms with Gasteiger partial charge in [0.15, 0.2) is 34.2 Å². The zero-order valence-corrected chi connectivity index (χ0v) is 15.6. The molecule has 12 nitrogen and oxygen atoms in total. The van der Waals surface area contributed by atoms with Gasteiger partial charge in [0.25, 0.3) is 0 Å². The minimum Gasteiger partial charge on any atom is -0.266 e. The second-order valence-electron chi connectivity index (χ2n) is 5.98.